The van der Waals surface area contributed by atoms with Crippen LogP contribution in [-0.4, -0.2) is 49.0 Å². The van der Waals surface area contributed by atoms with Crippen LogP contribution >= 0.6 is 0 Å². The number of aromatic nitrogens is 1. The molecular weight excluding hydrogens is 370 g/mol. The second-order valence-electron chi connectivity index (χ2n) is 7.12. The largest absolute Gasteiger partial charge is 0.497 e. The third kappa shape index (κ3) is 5.47. The fraction of sp³-hybridized carbons (Fsp3) is 0.409. The van der Waals surface area contributed by atoms with Crippen molar-refractivity contribution >= 4 is 17.5 Å². The van der Waals surface area contributed by atoms with Crippen LogP contribution < -0.4 is 14.8 Å². The number of hydrogen-bond acceptors (Lipinski definition) is 5. The van der Waals surface area contributed by atoms with Crippen LogP contribution in [0, 0.1) is 5.92 Å². The minimum atomic E-state index is -0.0382. The maximum Gasteiger partial charge on any atom is 0.253 e. The highest BCUT2D eigenvalue weighted by atomic mass is 16.5. The number of methoxy groups -OCH3 is 2. The predicted molar refractivity (Wildman–Crippen MR) is 110 cm³/mol. The number of carbonyl (C=O) groups excluding carboxylic acids is 2. The maximum atomic E-state index is 12.5. The van der Waals surface area contributed by atoms with E-state index in [1.54, 1.807) is 56.9 Å². The third-order valence-electron chi connectivity index (χ3n) is 5.29. The number of piperidine rings is 1. The molecule has 1 aromatic carbocycles. The number of nitrogens with one attached hydrogen (secondary N) is 1. The maximum absolute atomic E-state index is 12.5. The summed E-state index contributed by atoms with van der Waals surface area (Å²) < 4.78 is 10.5. The Bertz CT molecular complexity index is 833. The SMILES string of the molecule is COc1ccc(NC(=O)CCC2CCN(C(=O)c3ccncc3)CC2)c(OC)c1. The zero-order valence-corrected chi connectivity index (χ0v) is 16.9. The molecular formula is C22H27N3O4. The molecule has 2 heterocycles. The first-order valence-electron chi connectivity index (χ1n) is 9.82. The lowest BCUT2D eigenvalue weighted by Crippen LogP contribution is -2.38. The van der Waals surface area contributed by atoms with Gasteiger partial charge in [-0.2, -0.15) is 0 Å². The quantitative estimate of drug-likeness (QED) is 0.775. The summed E-state index contributed by atoms with van der Waals surface area (Å²) in [6.45, 7) is 1.44. The number of hydrogen-bond donors (Lipinski definition) is 1. The molecule has 0 bridgehead atoms. The standard InChI is InChI=1S/C22H27N3O4/c1-28-18-4-5-19(20(15-18)29-2)24-21(26)6-3-16-9-13-25(14-10-16)22(27)17-7-11-23-12-8-17/h4-5,7-8,11-12,15-16H,3,6,9-10,13-14H2,1-2H3,(H,24,26). The molecule has 1 N–H and O–H groups in total. The molecule has 3 rings (SSSR count). The summed E-state index contributed by atoms with van der Waals surface area (Å²) in [5.41, 5.74) is 1.31. The number of likely N-dealkylation sites (tertiary alicyclic amines) is 1. The van der Waals surface area contributed by atoms with Gasteiger partial charge in [0.15, 0.2) is 0 Å². The average Bonchev–Trinajstić information content (AvgIpc) is 2.78. The number of rotatable bonds is 7. The van der Waals surface area contributed by atoms with Gasteiger partial charge in [0.05, 0.1) is 19.9 Å². The molecule has 0 saturated carbocycles. The van der Waals surface area contributed by atoms with Crippen LogP contribution in [0.5, 0.6) is 11.5 Å². The number of amides is 2. The van der Waals surface area contributed by atoms with Crippen molar-refractivity contribution < 1.29 is 19.1 Å². The van der Waals surface area contributed by atoms with Crippen molar-refractivity contribution in [2.45, 2.75) is 25.7 Å². The summed E-state index contributed by atoms with van der Waals surface area (Å²) in [5, 5.41) is 2.91. The summed E-state index contributed by atoms with van der Waals surface area (Å²) in [4.78, 5) is 30.7. The molecule has 1 aliphatic rings. The lowest BCUT2D eigenvalue weighted by molar-refractivity contribution is -0.116. The Morgan fingerprint density at radius 2 is 1.83 bits per heavy atom. The topological polar surface area (TPSA) is 80.8 Å². The summed E-state index contributed by atoms with van der Waals surface area (Å²) in [7, 11) is 3.15. The van der Waals surface area contributed by atoms with Crippen molar-refractivity contribution in [2.75, 3.05) is 32.6 Å². The smallest absolute Gasteiger partial charge is 0.253 e. The van der Waals surface area contributed by atoms with Crippen molar-refractivity contribution in [3.05, 3.63) is 48.3 Å². The lowest BCUT2D eigenvalue weighted by atomic mass is 9.91. The van der Waals surface area contributed by atoms with Crippen LogP contribution in [0.15, 0.2) is 42.7 Å². The van der Waals surface area contributed by atoms with Gasteiger partial charge in [0.1, 0.15) is 11.5 Å². The van der Waals surface area contributed by atoms with Crippen LogP contribution in [0.2, 0.25) is 0 Å². The van der Waals surface area contributed by atoms with Crippen LogP contribution in [0.1, 0.15) is 36.0 Å². The van der Waals surface area contributed by atoms with E-state index in [0.717, 1.165) is 32.4 Å². The minimum absolute atomic E-state index is 0.0382. The Hall–Kier alpha value is -3.09. The van der Waals surface area contributed by atoms with E-state index in [1.807, 2.05) is 4.90 Å². The normalized spacial score (nSPS) is 14.3. The summed E-state index contributed by atoms with van der Waals surface area (Å²) in [6.07, 6.45) is 6.35. The Labute approximate surface area is 171 Å². The molecule has 0 spiro atoms. The molecule has 0 radical (unpaired) electrons. The Morgan fingerprint density at radius 3 is 2.48 bits per heavy atom. The van der Waals surface area contributed by atoms with E-state index < -0.39 is 0 Å². The number of benzene rings is 1. The average molecular weight is 397 g/mol. The summed E-state index contributed by atoms with van der Waals surface area (Å²) >= 11 is 0. The molecule has 0 aliphatic carbocycles. The molecule has 2 aromatic rings. The van der Waals surface area contributed by atoms with Gasteiger partial charge in [-0.05, 0) is 49.4 Å². The van der Waals surface area contributed by atoms with Gasteiger partial charge in [0.2, 0.25) is 5.91 Å². The summed E-state index contributed by atoms with van der Waals surface area (Å²) in [6, 6.07) is 8.79. The second kappa shape index (κ2) is 9.91. The fourth-order valence-electron chi connectivity index (χ4n) is 3.55. The van der Waals surface area contributed by atoms with E-state index in [2.05, 4.69) is 10.3 Å². The van der Waals surface area contributed by atoms with Gasteiger partial charge in [-0.3, -0.25) is 14.6 Å². The fourth-order valence-corrected chi connectivity index (χ4v) is 3.55. The minimum Gasteiger partial charge on any atom is -0.497 e. The zero-order valence-electron chi connectivity index (χ0n) is 16.9. The van der Waals surface area contributed by atoms with Gasteiger partial charge in [-0.1, -0.05) is 0 Å². The van der Waals surface area contributed by atoms with E-state index in [4.69, 9.17) is 9.47 Å². The van der Waals surface area contributed by atoms with Crippen molar-refractivity contribution in [2.24, 2.45) is 5.92 Å². The van der Waals surface area contributed by atoms with Gasteiger partial charge in [-0.25, -0.2) is 0 Å². The predicted octanol–water partition coefficient (Wildman–Crippen LogP) is 3.37. The first-order valence-corrected chi connectivity index (χ1v) is 9.82. The second-order valence-corrected chi connectivity index (χ2v) is 7.12. The van der Waals surface area contributed by atoms with Gasteiger partial charge >= 0.3 is 0 Å². The highest BCUT2D eigenvalue weighted by molar-refractivity contribution is 5.94. The number of pyridine rings is 1. The number of carbonyl (C=O) groups is 2. The molecule has 1 aromatic heterocycles. The number of anilines is 1. The highest BCUT2D eigenvalue weighted by Gasteiger charge is 2.24. The molecule has 7 heteroatoms. The number of ether oxygens (including phenoxy) is 2. The Balaban J connectivity index is 1.44. The van der Waals surface area contributed by atoms with E-state index in [9.17, 15) is 9.59 Å². The summed E-state index contributed by atoms with van der Waals surface area (Å²) in [5.74, 6) is 1.70. The Kier molecular flexibility index (Phi) is 7.05. The van der Waals surface area contributed by atoms with Crippen molar-refractivity contribution in [1.29, 1.82) is 0 Å². The first kappa shape index (κ1) is 20.6. The van der Waals surface area contributed by atoms with Crippen LogP contribution in [0.3, 0.4) is 0 Å². The van der Waals surface area contributed by atoms with E-state index >= 15 is 0 Å². The molecule has 29 heavy (non-hydrogen) atoms. The van der Waals surface area contributed by atoms with Crippen LogP contribution in [0.25, 0.3) is 0 Å². The highest BCUT2D eigenvalue weighted by Crippen LogP contribution is 2.29. The molecule has 1 saturated heterocycles. The Morgan fingerprint density at radius 1 is 1.10 bits per heavy atom. The molecule has 1 fully saturated rings. The molecule has 154 valence electrons. The first-order chi connectivity index (χ1) is 14.1. The van der Waals surface area contributed by atoms with Gasteiger partial charge in [0.25, 0.3) is 5.91 Å². The van der Waals surface area contributed by atoms with Crippen molar-refractivity contribution in [3.63, 3.8) is 0 Å². The lowest BCUT2D eigenvalue weighted by Gasteiger charge is -2.32. The third-order valence-corrected chi connectivity index (χ3v) is 5.29. The van der Waals surface area contributed by atoms with Crippen molar-refractivity contribution in [3.8, 4) is 11.5 Å². The zero-order chi connectivity index (χ0) is 20.6. The molecule has 1 aliphatic heterocycles. The van der Waals surface area contributed by atoms with Gasteiger partial charge in [0, 0.05) is 43.5 Å². The van der Waals surface area contributed by atoms with E-state index in [1.165, 1.54) is 0 Å². The van der Waals surface area contributed by atoms with E-state index in [-0.39, 0.29) is 11.8 Å². The van der Waals surface area contributed by atoms with Crippen molar-refractivity contribution in [1.82, 2.24) is 9.88 Å². The monoisotopic (exact) mass is 397 g/mol. The van der Waals surface area contributed by atoms with Crippen LogP contribution in [0.4, 0.5) is 5.69 Å². The number of nitrogens with zero attached hydrogens (tertiary/aromatic N) is 2. The van der Waals surface area contributed by atoms with Crippen LogP contribution in [-0.2, 0) is 4.79 Å². The van der Waals surface area contributed by atoms with Gasteiger partial charge < -0.3 is 19.7 Å². The van der Waals surface area contributed by atoms with Gasteiger partial charge in [-0.15, -0.1) is 0 Å². The van der Waals surface area contributed by atoms with E-state index in [0.29, 0.717) is 35.1 Å². The molecule has 0 unspecified atom stereocenters. The molecule has 7 nitrogen and oxygen atoms in total. The molecule has 2 amide bonds. The molecule has 0 atom stereocenters.